The molecule has 0 radical (unpaired) electrons. The van der Waals surface area contributed by atoms with Gasteiger partial charge in [-0.2, -0.15) is 0 Å². The summed E-state index contributed by atoms with van der Waals surface area (Å²) in [5.74, 6) is 0.793. The fourth-order valence-corrected chi connectivity index (χ4v) is 3.53. The highest BCUT2D eigenvalue weighted by molar-refractivity contribution is 6.30. The first kappa shape index (κ1) is 19.6. The Hall–Kier alpha value is -2.74. The summed E-state index contributed by atoms with van der Waals surface area (Å²) in [7, 11) is 1.65. The van der Waals surface area contributed by atoms with E-state index in [4.69, 9.17) is 26.0 Å². The quantitative estimate of drug-likeness (QED) is 0.778. The van der Waals surface area contributed by atoms with Crippen molar-refractivity contribution in [2.75, 3.05) is 25.5 Å². The van der Waals surface area contributed by atoms with Crippen molar-refractivity contribution in [3.63, 3.8) is 0 Å². The molecule has 1 amide bonds. The number of halogens is 1. The molecular formula is C21H22ClN3O4. The first-order chi connectivity index (χ1) is 14.0. The van der Waals surface area contributed by atoms with Crippen LogP contribution in [0.5, 0.6) is 5.75 Å². The van der Waals surface area contributed by atoms with E-state index in [1.54, 1.807) is 36.4 Å². The normalized spacial score (nSPS) is 18.1. The van der Waals surface area contributed by atoms with Crippen molar-refractivity contribution in [2.45, 2.75) is 18.4 Å². The van der Waals surface area contributed by atoms with Gasteiger partial charge in [-0.1, -0.05) is 23.7 Å². The number of piperidine rings is 1. The highest BCUT2D eigenvalue weighted by atomic mass is 35.5. The minimum Gasteiger partial charge on any atom is -0.497 e. The first-order valence-corrected chi connectivity index (χ1v) is 9.74. The number of rotatable bonds is 4. The molecule has 2 aliphatic rings. The number of ether oxygens (including phenoxy) is 1. The lowest BCUT2D eigenvalue weighted by Gasteiger charge is -2.35. The Morgan fingerprint density at radius 1 is 1.21 bits per heavy atom. The van der Waals surface area contributed by atoms with Crippen LogP contribution in [0.3, 0.4) is 0 Å². The van der Waals surface area contributed by atoms with Gasteiger partial charge in [-0.3, -0.25) is 15.6 Å². The summed E-state index contributed by atoms with van der Waals surface area (Å²) in [6.07, 6.45) is 2.97. The second kappa shape index (κ2) is 8.32. The van der Waals surface area contributed by atoms with Gasteiger partial charge in [0, 0.05) is 29.4 Å². The molecule has 2 aromatic rings. The number of hydrogen-bond donors (Lipinski definition) is 2. The van der Waals surface area contributed by atoms with Crippen molar-refractivity contribution < 1.29 is 19.2 Å². The summed E-state index contributed by atoms with van der Waals surface area (Å²) in [5.41, 5.74) is 5.17. The maximum absolute atomic E-state index is 12.1. The average molecular weight is 416 g/mol. The number of methoxy groups -OCH3 is 1. The molecule has 0 saturated carbocycles. The zero-order valence-electron chi connectivity index (χ0n) is 16.0. The van der Waals surface area contributed by atoms with E-state index in [-0.39, 0.29) is 0 Å². The minimum atomic E-state index is -0.527. The van der Waals surface area contributed by atoms with Gasteiger partial charge in [0.1, 0.15) is 11.4 Å². The van der Waals surface area contributed by atoms with E-state index in [9.17, 15) is 4.79 Å². The summed E-state index contributed by atoms with van der Waals surface area (Å²) in [5, 5.41) is 4.95. The van der Waals surface area contributed by atoms with Crippen LogP contribution in [0.2, 0.25) is 5.02 Å². The predicted octanol–water partition coefficient (Wildman–Crippen LogP) is 4.22. The van der Waals surface area contributed by atoms with Crippen LogP contribution in [0.15, 0.2) is 54.6 Å². The number of hydrogen-bond acceptors (Lipinski definition) is 6. The molecule has 7 nitrogen and oxygen atoms in total. The van der Waals surface area contributed by atoms with Crippen molar-refractivity contribution in [1.29, 1.82) is 0 Å². The van der Waals surface area contributed by atoms with E-state index in [0.717, 1.165) is 17.0 Å². The van der Waals surface area contributed by atoms with Crippen LogP contribution in [-0.4, -0.2) is 37.0 Å². The van der Waals surface area contributed by atoms with Crippen LogP contribution in [0.25, 0.3) is 5.70 Å². The SMILES string of the molecule is COc1cccc(C2=CC3(CCN(OC(=O)Nc4ccc(Cl)cc4)CC3)ON2)c1. The Balaban J connectivity index is 1.32. The molecule has 152 valence electrons. The molecule has 0 aliphatic carbocycles. The van der Waals surface area contributed by atoms with Gasteiger partial charge in [0.25, 0.3) is 0 Å². The summed E-state index contributed by atoms with van der Waals surface area (Å²) in [6, 6.07) is 14.7. The maximum atomic E-state index is 12.1. The third-order valence-corrected chi connectivity index (χ3v) is 5.28. The molecule has 0 atom stereocenters. The molecule has 1 fully saturated rings. The molecule has 2 heterocycles. The molecule has 0 bridgehead atoms. The maximum Gasteiger partial charge on any atom is 0.430 e. The molecule has 1 saturated heterocycles. The molecule has 0 unspecified atom stereocenters. The molecule has 8 heteroatoms. The van der Waals surface area contributed by atoms with E-state index >= 15 is 0 Å². The molecule has 2 aliphatic heterocycles. The van der Waals surface area contributed by atoms with Crippen molar-refractivity contribution >= 4 is 29.1 Å². The van der Waals surface area contributed by atoms with Gasteiger partial charge in [0.05, 0.1) is 12.8 Å². The zero-order valence-corrected chi connectivity index (χ0v) is 16.7. The molecule has 0 aromatic heterocycles. The standard InChI is InChI=1S/C21H22ClN3O4/c1-27-18-4-2-3-15(13-18)19-14-21(29-24-19)9-11-25(12-10-21)28-20(26)23-17-7-5-16(22)6-8-17/h2-8,13-14,24H,9-12H2,1H3,(H,23,26). The third kappa shape index (κ3) is 4.64. The van der Waals surface area contributed by atoms with Gasteiger partial charge in [0.2, 0.25) is 0 Å². The average Bonchev–Trinajstić information content (AvgIpc) is 3.15. The van der Waals surface area contributed by atoms with Crippen molar-refractivity contribution in [2.24, 2.45) is 0 Å². The topological polar surface area (TPSA) is 72.1 Å². The lowest BCUT2D eigenvalue weighted by molar-refractivity contribution is -0.153. The Morgan fingerprint density at radius 3 is 2.69 bits per heavy atom. The second-order valence-corrected chi connectivity index (χ2v) is 7.43. The fourth-order valence-electron chi connectivity index (χ4n) is 3.40. The van der Waals surface area contributed by atoms with Crippen LogP contribution in [0.1, 0.15) is 18.4 Å². The summed E-state index contributed by atoms with van der Waals surface area (Å²) in [6.45, 7) is 1.13. The summed E-state index contributed by atoms with van der Waals surface area (Å²) >= 11 is 5.85. The van der Waals surface area contributed by atoms with E-state index in [1.165, 1.54) is 0 Å². The smallest absolute Gasteiger partial charge is 0.430 e. The van der Waals surface area contributed by atoms with Gasteiger partial charge in [0.15, 0.2) is 0 Å². The van der Waals surface area contributed by atoms with Crippen LogP contribution >= 0.6 is 11.6 Å². The molecule has 1 spiro atoms. The molecule has 2 aromatic carbocycles. The van der Waals surface area contributed by atoms with E-state index in [2.05, 4.69) is 16.9 Å². The lowest BCUT2D eigenvalue weighted by atomic mass is 9.91. The third-order valence-electron chi connectivity index (χ3n) is 5.02. The van der Waals surface area contributed by atoms with Crippen molar-refractivity contribution in [3.05, 3.63) is 65.2 Å². The van der Waals surface area contributed by atoms with E-state index in [1.807, 2.05) is 24.3 Å². The Kier molecular flexibility index (Phi) is 5.62. The monoisotopic (exact) mass is 415 g/mol. The van der Waals surface area contributed by atoms with Crippen LogP contribution in [0, 0.1) is 0 Å². The number of anilines is 1. The molecule has 4 rings (SSSR count). The summed E-state index contributed by atoms with van der Waals surface area (Å²) < 4.78 is 5.29. The number of carbonyl (C=O) groups is 1. The van der Waals surface area contributed by atoms with Gasteiger partial charge in [-0.25, -0.2) is 4.79 Å². The number of nitrogens with zero attached hydrogens (tertiary/aromatic N) is 1. The van der Waals surface area contributed by atoms with E-state index < -0.39 is 11.7 Å². The largest absolute Gasteiger partial charge is 0.497 e. The number of carbonyl (C=O) groups excluding carboxylic acids is 1. The minimum absolute atomic E-state index is 0.412. The number of benzene rings is 2. The van der Waals surface area contributed by atoms with Gasteiger partial charge >= 0.3 is 6.09 Å². The number of hydroxylamine groups is 3. The second-order valence-electron chi connectivity index (χ2n) is 7.00. The van der Waals surface area contributed by atoms with Crippen molar-refractivity contribution in [3.8, 4) is 5.75 Å². The van der Waals surface area contributed by atoms with Gasteiger partial charge < -0.3 is 9.57 Å². The molecule has 29 heavy (non-hydrogen) atoms. The Bertz CT molecular complexity index is 908. The predicted molar refractivity (Wildman–Crippen MR) is 110 cm³/mol. The highest BCUT2D eigenvalue weighted by Gasteiger charge is 2.39. The Labute approximate surface area is 174 Å². The number of nitrogens with one attached hydrogen (secondary N) is 2. The fraction of sp³-hybridized carbons (Fsp3) is 0.286. The van der Waals surface area contributed by atoms with Crippen LogP contribution < -0.4 is 15.5 Å². The summed E-state index contributed by atoms with van der Waals surface area (Å²) in [4.78, 5) is 23.4. The van der Waals surface area contributed by atoms with Crippen LogP contribution in [0.4, 0.5) is 10.5 Å². The highest BCUT2D eigenvalue weighted by Crippen LogP contribution is 2.35. The van der Waals surface area contributed by atoms with Gasteiger partial charge in [-0.15, -0.1) is 5.06 Å². The first-order valence-electron chi connectivity index (χ1n) is 9.36. The Morgan fingerprint density at radius 2 is 1.97 bits per heavy atom. The van der Waals surface area contributed by atoms with Crippen molar-refractivity contribution in [1.82, 2.24) is 10.5 Å². The molecular weight excluding hydrogens is 394 g/mol. The van der Waals surface area contributed by atoms with Gasteiger partial charge in [-0.05, 0) is 55.3 Å². The molecule has 2 N–H and O–H groups in total. The van der Waals surface area contributed by atoms with E-state index in [0.29, 0.717) is 36.6 Å². The zero-order chi connectivity index (χ0) is 20.3. The lowest BCUT2D eigenvalue weighted by Crippen LogP contribution is -2.45. The van der Waals surface area contributed by atoms with Crippen LogP contribution in [-0.2, 0) is 9.68 Å². The number of amides is 1.